The molecule has 2 aromatic carbocycles. The molecule has 2 heterocycles. The summed E-state index contributed by atoms with van der Waals surface area (Å²) in [5.41, 5.74) is 2.16. The van der Waals surface area contributed by atoms with Gasteiger partial charge in [0.2, 0.25) is 11.8 Å². The highest BCUT2D eigenvalue weighted by Gasteiger charge is 2.35. The molecule has 3 aromatic rings. The Kier molecular flexibility index (Phi) is 7.39. The summed E-state index contributed by atoms with van der Waals surface area (Å²) in [6, 6.07) is 16.1. The Labute approximate surface area is 204 Å². The van der Waals surface area contributed by atoms with Crippen LogP contribution in [-0.4, -0.2) is 52.4 Å². The lowest BCUT2D eigenvalue weighted by Gasteiger charge is -2.13. The summed E-state index contributed by atoms with van der Waals surface area (Å²) >= 11 is 2.58. The molecular formula is C24H22N4O4S2. The van der Waals surface area contributed by atoms with Crippen LogP contribution >= 0.6 is 23.1 Å². The summed E-state index contributed by atoms with van der Waals surface area (Å²) in [5.74, 6) is -0.975. The van der Waals surface area contributed by atoms with E-state index in [0.717, 1.165) is 10.5 Å². The molecule has 2 N–H and O–H groups in total. The number of hydrogen-bond donors (Lipinski definition) is 2. The number of nitrogens with one attached hydrogen (secondary N) is 2. The van der Waals surface area contributed by atoms with Crippen LogP contribution in [0.1, 0.15) is 34.1 Å². The minimum absolute atomic E-state index is 0.0174. The van der Waals surface area contributed by atoms with Crippen LogP contribution in [0.25, 0.3) is 11.3 Å². The van der Waals surface area contributed by atoms with E-state index in [0.29, 0.717) is 32.7 Å². The van der Waals surface area contributed by atoms with Crippen LogP contribution in [0, 0.1) is 0 Å². The lowest BCUT2D eigenvalue weighted by Crippen LogP contribution is -2.32. The summed E-state index contributed by atoms with van der Waals surface area (Å²) < 4.78 is 0.653. The number of hydrogen-bond acceptors (Lipinski definition) is 7. The molecular weight excluding hydrogens is 472 g/mol. The molecule has 174 valence electrons. The first-order chi connectivity index (χ1) is 16.5. The topological polar surface area (TPSA) is 108 Å². The first-order valence-electron chi connectivity index (χ1n) is 10.7. The van der Waals surface area contributed by atoms with E-state index in [1.807, 2.05) is 37.3 Å². The van der Waals surface area contributed by atoms with Crippen molar-refractivity contribution in [2.24, 2.45) is 0 Å². The molecule has 0 bridgehead atoms. The molecule has 0 unspecified atom stereocenters. The molecule has 0 spiro atoms. The SMILES string of the molecule is CCNC(=O)CSc1nc(-c2ccccc2)c(NC(=O)CCN2C(=O)c3ccccc3C2=O)s1. The minimum atomic E-state index is -0.389. The molecule has 0 aliphatic carbocycles. The Morgan fingerprint density at radius 3 is 2.26 bits per heavy atom. The number of carbonyl (C=O) groups is 4. The van der Waals surface area contributed by atoms with E-state index in [2.05, 4.69) is 15.6 Å². The van der Waals surface area contributed by atoms with E-state index in [1.54, 1.807) is 24.3 Å². The number of thiazole rings is 1. The molecule has 1 aromatic heterocycles. The Morgan fingerprint density at radius 1 is 0.971 bits per heavy atom. The van der Waals surface area contributed by atoms with E-state index in [9.17, 15) is 19.2 Å². The zero-order valence-electron chi connectivity index (χ0n) is 18.4. The van der Waals surface area contributed by atoms with Gasteiger partial charge in [0.05, 0.1) is 16.9 Å². The highest BCUT2D eigenvalue weighted by molar-refractivity contribution is 8.01. The highest BCUT2D eigenvalue weighted by Crippen LogP contribution is 2.37. The number of benzene rings is 2. The van der Waals surface area contributed by atoms with Gasteiger partial charge in [0.25, 0.3) is 11.8 Å². The van der Waals surface area contributed by atoms with Crippen LogP contribution in [0.4, 0.5) is 5.00 Å². The van der Waals surface area contributed by atoms with E-state index in [4.69, 9.17) is 0 Å². The van der Waals surface area contributed by atoms with Crippen LogP contribution < -0.4 is 10.6 Å². The third-order valence-electron chi connectivity index (χ3n) is 5.05. The van der Waals surface area contributed by atoms with Crippen molar-refractivity contribution in [3.8, 4) is 11.3 Å². The van der Waals surface area contributed by atoms with E-state index in [1.165, 1.54) is 23.1 Å². The molecule has 8 nitrogen and oxygen atoms in total. The smallest absolute Gasteiger partial charge is 0.261 e. The van der Waals surface area contributed by atoms with Gasteiger partial charge in [-0.25, -0.2) is 4.98 Å². The van der Waals surface area contributed by atoms with Crippen LogP contribution in [0.5, 0.6) is 0 Å². The molecule has 0 saturated carbocycles. The molecule has 0 saturated heterocycles. The van der Waals surface area contributed by atoms with Crippen molar-refractivity contribution >= 4 is 51.7 Å². The minimum Gasteiger partial charge on any atom is -0.356 e. The Morgan fingerprint density at radius 2 is 1.62 bits per heavy atom. The number of aromatic nitrogens is 1. The largest absolute Gasteiger partial charge is 0.356 e. The van der Waals surface area contributed by atoms with E-state index >= 15 is 0 Å². The van der Waals surface area contributed by atoms with Crippen LogP contribution in [0.15, 0.2) is 58.9 Å². The normalized spacial score (nSPS) is 12.6. The third kappa shape index (κ3) is 5.18. The number of nitrogens with zero attached hydrogens (tertiary/aromatic N) is 2. The lowest BCUT2D eigenvalue weighted by atomic mass is 10.1. The number of thioether (sulfide) groups is 1. The fourth-order valence-corrected chi connectivity index (χ4v) is 5.37. The number of fused-ring (bicyclic) bond motifs is 1. The first-order valence-corrected chi connectivity index (χ1v) is 12.5. The number of imide groups is 1. The monoisotopic (exact) mass is 494 g/mol. The number of anilines is 1. The fraction of sp³-hybridized carbons (Fsp3) is 0.208. The molecule has 1 aliphatic rings. The van der Waals surface area contributed by atoms with Gasteiger partial charge in [-0.3, -0.25) is 24.1 Å². The second-order valence-corrected chi connectivity index (χ2v) is 9.59. The van der Waals surface area contributed by atoms with Crippen molar-refractivity contribution in [3.63, 3.8) is 0 Å². The Bertz CT molecular complexity index is 1210. The van der Waals surface area contributed by atoms with Gasteiger partial charge in [0, 0.05) is 25.1 Å². The van der Waals surface area contributed by atoms with Crippen molar-refractivity contribution in [3.05, 3.63) is 65.7 Å². The van der Waals surface area contributed by atoms with Crippen molar-refractivity contribution < 1.29 is 19.2 Å². The lowest BCUT2D eigenvalue weighted by molar-refractivity contribution is -0.118. The first kappa shape index (κ1) is 23.7. The summed E-state index contributed by atoms with van der Waals surface area (Å²) in [4.78, 5) is 55.3. The van der Waals surface area contributed by atoms with Crippen molar-refractivity contribution in [1.82, 2.24) is 15.2 Å². The third-order valence-corrected chi connectivity index (χ3v) is 7.16. The van der Waals surface area contributed by atoms with Gasteiger partial charge in [0.1, 0.15) is 10.7 Å². The second kappa shape index (κ2) is 10.6. The summed E-state index contributed by atoms with van der Waals surface area (Å²) in [5, 5.41) is 6.17. The van der Waals surface area contributed by atoms with Gasteiger partial charge in [-0.1, -0.05) is 65.6 Å². The summed E-state index contributed by atoms with van der Waals surface area (Å²) in [6.45, 7) is 2.40. The highest BCUT2D eigenvalue weighted by atomic mass is 32.2. The van der Waals surface area contributed by atoms with Crippen molar-refractivity contribution in [2.75, 3.05) is 24.2 Å². The maximum Gasteiger partial charge on any atom is 0.261 e. The zero-order chi connectivity index (χ0) is 24.1. The van der Waals surface area contributed by atoms with Gasteiger partial charge in [-0.05, 0) is 19.1 Å². The van der Waals surface area contributed by atoms with Crippen LogP contribution in [-0.2, 0) is 9.59 Å². The molecule has 4 rings (SSSR count). The summed E-state index contributed by atoms with van der Waals surface area (Å²) in [7, 11) is 0. The summed E-state index contributed by atoms with van der Waals surface area (Å²) in [6.07, 6.45) is -0.0427. The van der Waals surface area contributed by atoms with Gasteiger partial charge in [-0.2, -0.15) is 0 Å². The molecule has 10 heteroatoms. The maximum absolute atomic E-state index is 12.7. The van der Waals surface area contributed by atoms with Gasteiger partial charge >= 0.3 is 0 Å². The van der Waals surface area contributed by atoms with Crippen LogP contribution in [0.3, 0.4) is 0 Å². The Hall–Kier alpha value is -3.50. The molecule has 0 radical (unpaired) electrons. The quantitative estimate of drug-likeness (QED) is 0.347. The number of carbonyl (C=O) groups excluding carboxylic acids is 4. The van der Waals surface area contributed by atoms with Gasteiger partial charge in [-0.15, -0.1) is 0 Å². The molecule has 34 heavy (non-hydrogen) atoms. The second-order valence-electron chi connectivity index (χ2n) is 7.37. The van der Waals surface area contributed by atoms with Gasteiger partial charge in [0.15, 0.2) is 4.34 Å². The predicted octanol–water partition coefficient (Wildman–Crippen LogP) is 3.66. The van der Waals surface area contributed by atoms with Crippen LogP contribution in [0.2, 0.25) is 0 Å². The molecule has 0 fully saturated rings. The average molecular weight is 495 g/mol. The maximum atomic E-state index is 12.7. The average Bonchev–Trinajstić information content (AvgIpc) is 3.35. The fourth-order valence-electron chi connectivity index (χ4n) is 3.46. The van der Waals surface area contributed by atoms with E-state index in [-0.39, 0.29) is 42.3 Å². The molecule has 4 amide bonds. The number of rotatable bonds is 9. The van der Waals surface area contributed by atoms with E-state index < -0.39 is 0 Å². The predicted molar refractivity (Wildman–Crippen MR) is 132 cm³/mol. The molecule has 1 aliphatic heterocycles. The standard InChI is InChI=1S/C24H22N4O4S2/c1-2-25-19(30)14-33-24-27-20(15-8-4-3-5-9-15)21(34-24)26-18(29)12-13-28-22(31)16-10-6-7-11-17(16)23(28)32/h3-11H,2,12-14H2,1H3,(H,25,30)(H,26,29). The molecule has 0 atom stereocenters. The zero-order valence-corrected chi connectivity index (χ0v) is 20.0. The Balaban J connectivity index is 1.45. The van der Waals surface area contributed by atoms with Gasteiger partial charge < -0.3 is 10.6 Å². The van der Waals surface area contributed by atoms with Crippen molar-refractivity contribution in [2.45, 2.75) is 17.7 Å². The number of amides is 4. The van der Waals surface area contributed by atoms with Crippen molar-refractivity contribution in [1.29, 1.82) is 0 Å².